The van der Waals surface area contributed by atoms with Crippen LogP contribution < -0.4 is 0 Å². The quantitative estimate of drug-likeness (QED) is 0.136. The van der Waals surface area contributed by atoms with Gasteiger partial charge in [0.2, 0.25) is 0 Å². The summed E-state index contributed by atoms with van der Waals surface area (Å²) in [4.78, 5) is 31.2. The highest BCUT2D eigenvalue weighted by Gasteiger charge is 2.42. The Morgan fingerprint density at radius 3 is 1.02 bits per heavy atom. The third-order valence-corrected chi connectivity index (χ3v) is 19.3. The Hall–Kier alpha value is -12.5. The number of rotatable bonds is 10. The Morgan fingerprint density at radius 2 is 0.585 bits per heavy atom. The van der Waals surface area contributed by atoms with Crippen molar-refractivity contribution in [3.63, 3.8) is 0 Å². The van der Waals surface area contributed by atoms with Gasteiger partial charge in [-0.05, 0) is 141 Å². The standard InChI is InChI=1S/C86H54N8/c1-5-19-53(20-6-1)75-49-77(63-29-15-13-27-61(63)55-35-39-79-69(45-55)73-51-87-43-41-81(73)93(79)59-23-9-3-10-24-59)91-85(89-75)57-33-37-67-71(47-57)83-65-31-17-18-32-66(65)84(67)72-48-58(34-38-68(72)83)86-90-76(54-21-7-2-8-22-54)50-78(92-86)64-30-16-14-28-62(64)56-36-40-80-70(46-56)74-52-88-44-42-82(74)94(80)60-25-11-4-12-26-60/h1-52,83-84H. The van der Waals surface area contributed by atoms with Crippen molar-refractivity contribution in [2.45, 2.75) is 11.8 Å². The van der Waals surface area contributed by atoms with Crippen molar-refractivity contribution in [2.24, 2.45) is 0 Å². The molecule has 2 unspecified atom stereocenters. The van der Waals surface area contributed by atoms with E-state index in [0.717, 1.165) is 133 Å². The largest absolute Gasteiger partial charge is 0.309 e. The van der Waals surface area contributed by atoms with Gasteiger partial charge in [0.15, 0.2) is 11.6 Å². The summed E-state index contributed by atoms with van der Waals surface area (Å²) >= 11 is 0. The summed E-state index contributed by atoms with van der Waals surface area (Å²) < 4.78 is 4.66. The molecule has 2 atom stereocenters. The minimum atomic E-state index is -0.0236. The fourth-order valence-corrected chi connectivity index (χ4v) is 15.1. The van der Waals surface area contributed by atoms with E-state index in [1.54, 1.807) is 0 Å². The molecule has 6 heterocycles. The van der Waals surface area contributed by atoms with Crippen LogP contribution in [0.5, 0.6) is 0 Å². The summed E-state index contributed by atoms with van der Waals surface area (Å²) in [7, 11) is 0. The second kappa shape index (κ2) is 21.6. The summed E-state index contributed by atoms with van der Waals surface area (Å²) in [6.07, 6.45) is 7.72. The molecule has 0 N–H and O–H groups in total. The number of hydrogen-bond donors (Lipinski definition) is 0. The minimum absolute atomic E-state index is 0.0236. The molecule has 0 radical (unpaired) electrons. The highest BCUT2D eigenvalue weighted by molar-refractivity contribution is 6.12. The molecule has 438 valence electrons. The van der Waals surface area contributed by atoms with Crippen LogP contribution >= 0.6 is 0 Å². The molecule has 94 heavy (non-hydrogen) atoms. The van der Waals surface area contributed by atoms with Crippen LogP contribution in [0.3, 0.4) is 0 Å². The van der Waals surface area contributed by atoms with Crippen LogP contribution in [-0.2, 0) is 0 Å². The molecule has 17 aromatic rings. The Balaban J connectivity index is 0.716. The summed E-state index contributed by atoms with van der Waals surface area (Å²) in [6, 6.07) is 104. The minimum Gasteiger partial charge on any atom is -0.309 e. The van der Waals surface area contributed by atoms with E-state index in [4.69, 9.17) is 19.9 Å². The van der Waals surface area contributed by atoms with Gasteiger partial charge in [0.05, 0.1) is 44.8 Å². The van der Waals surface area contributed by atoms with Gasteiger partial charge in [0.1, 0.15) is 0 Å². The molecule has 3 aliphatic carbocycles. The number of hydrogen-bond acceptors (Lipinski definition) is 6. The SMILES string of the molecule is c1ccc(-c2cc(-c3ccccc3-c3ccc4c(c3)c3cnccc3n4-c3ccccc3)nc(-c3ccc4c(c3)C3c5ccccc5C4c4cc(-c5nc(-c6ccccc6)cc(-c6ccccc6-c6ccc7c(c6)c6cnccc6n7-c6ccccc6)n5)ccc43)n2)cc1. The highest BCUT2D eigenvalue weighted by Crippen LogP contribution is 2.57. The van der Waals surface area contributed by atoms with E-state index in [0.29, 0.717) is 11.6 Å². The van der Waals surface area contributed by atoms with Gasteiger partial charge in [-0.1, -0.05) is 206 Å². The van der Waals surface area contributed by atoms with Gasteiger partial charge in [0.25, 0.3) is 0 Å². The molecule has 0 saturated heterocycles. The average molecular weight is 1200 g/mol. The van der Waals surface area contributed by atoms with Crippen molar-refractivity contribution in [1.82, 2.24) is 39.0 Å². The van der Waals surface area contributed by atoms with E-state index in [1.807, 2.05) is 24.8 Å². The number of benzene rings is 11. The zero-order valence-electron chi connectivity index (χ0n) is 50.8. The smallest absolute Gasteiger partial charge is 0.160 e. The summed E-state index contributed by atoms with van der Waals surface area (Å²) in [5.41, 5.74) is 28.3. The molecule has 20 rings (SSSR count). The van der Waals surface area contributed by atoms with Crippen LogP contribution in [0.1, 0.15) is 45.2 Å². The van der Waals surface area contributed by atoms with E-state index in [2.05, 4.69) is 310 Å². The normalized spacial score (nSPS) is 13.7. The molecule has 0 spiro atoms. The predicted octanol–water partition coefficient (Wildman–Crippen LogP) is 20.6. The molecular formula is C86H54N8. The van der Waals surface area contributed by atoms with Gasteiger partial charge in [-0.25, -0.2) is 19.9 Å². The third kappa shape index (κ3) is 8.61. The third-order valence-electron chi connectivity index (χ3n) is 19.3. The predicted molar refractivity (Wildman–Crippen MR) is 380 cm³/mol. The number of pyridine rings is 2. The maximum atomic E-state index is 5.56. The molecule has 2 bridgehead atoms. The highest BCUT2D eigenvalue weighted by atomic mass is 15.0. The molecular weight excluding hydrogens is 1150 g/mol. The van der Waals surface area contributed by atoms with Crippen LogP contribution in [-0.4, -0.2) is 39.0 Å². The number of fused-ring (bicyclic) bond motifs is 6. The summed E-state index contributed by atoms with van der Waals surface area (Å²) in [5, 5.41) is 4.49. The van der Waals surface area contributed by atoms with Gasteiger partial charge in [-0.15, -0.1) is 0 Å². The van der Waals surface area contributed by atoms with Crippen LogP contribution in [0, 0.1) is 0 Å². The maximum Gasteiger partial charge on any atom is 0.160 e. The molecule has 0 fully saturated rings. The lowest BCUT2D eigenvalue weighted by atomic mass is 9.61. The molecule has 0 aliphatic heterocycles. The van der Waals surface area contributed by atoms with Crippen LogP contribution in [0.15, 0.2) is 316 Å². The molecule has 0 saturated carbocycles. The monoisotopic (exact) mass is 1200 g/mol. The number of nitrogens with zero attached hydrogens (tertiary/aromatic N) is 8. The molecule has 0 amide bonds. The van der Waals surface area contributed by atoms with Crippen LogP contribution in [0.25, 0.3) is 145 Å². The van der Waals surface area contributed by atoms with Gasteiger partial charge in [-0.2, -0.15) is 0 Å². The van der Waals surface area contributed by atoms with Crippen molar-refractivity contribution >= 4 is 43.6 Å². The fraction of sp³-hybridized carbons (Fsp3) is 0.0233. The Labute approximate surface area is 542 Å². The average Bonchev–Trinajstić information content (AvgIpc) is 0.968. The molecule has 8 nitrogen and oxygen atoms in total. The Kier molecular flexibility index (Phi) is 12.2. The van der Waals surface area contributed by atoms with E-state index in [1.165, 1.54) is 33.4 Å². The first-order valence-corrected chi connectivity index (χ1v) is 31.9. The van der Waals surface area contributed by atoms with E-state index in [-0.39, 0.29) is 11.8 Å². The first kappa shape index (κ1) is 53.3. The zero-order chi connectivity index (χ0) is 61.8. The Bertz CT molecular complexity index is 5520. The second-order valence-electron chi connectivity index (χ2n) is 24.5. The van der Waals surface area contributed by atoms with Gasteiger partial charge < -0.3 is 9.13 Å². The summed E-state index contributed by atoms with van der Waals surface area (Å²) in [6.45, 7) is 0. The van der Waals surface area contributed by atoms with Crippen LogP contribution in [0.2, 0.25) is 0 Å². The summed E-state index contributed by atoms with van der Waals surface area (Å²) in [5.74, 6) is 1.30. The lowest BCUT2D eigenvalue weighted by Gasteiger charge is -2.42. The van der Waals surface area contributed by atoms with Gasteiger partial charge in [-0.3, -0.25) is 9.97 Å². The van der Waals surface area contributed by atoms with Gasteiger partial charge >= 0.3 is 0 Å². The van der Waals surface area contributed by atoms with Crippen molar-refractivity contribution in [2.75, 3.05) is 0 Å². The lowest BCUT2D eigenvalue weighted by molar-refractivity contribution is 0.754. The van der Waals surface area contributed by atoms with E-state index >= 15 is 0 Å². The first-order valence-electron chi connectivity index (χ1n) is 31.9. The zero-order valence-corrected chi connectivity index (χ0v) is 50.8. The fourth-order valence-electron chi connectivity index (χ4n) is 15.1. The number of para-hydroxylation sites is 2. The second-order valence-corrected chi connectivity index (χ2v) is 24.5. The van der Waals surface area contributed by atoms with Crippen LogP contribution in [0.4, 0.5) is 0 Å². The lowest BCUT2D eigenvalue weighted by Crippen LogP contribution is -2.27. The molecule has 8 heteroatoms. The number of aromatic nitrogens is 8. The molecule has 3 aliphatic rings. The first-order chi connectivity index (χ1) is 46.6. The van der Waals surface area contributed by atoms with Crippen molar-refractivity contribution < 1.29 is 0 Å². The Morgan fingerprint density at radius 1 is 0.234 bits per heavy atom. The van der Waals surface area contributed by atoms with Crippen molar-refractivity contribution in [3.05, 3.63) is 349 Å². The van der Waals surface area contributed by atoms with E-state index < -0.39 is 0 Å². The van der Waals surface area contributed by atoms with Gasteiger partial charge in [0, 0.05) is 103 Å². The topological polar surface area (TPSA) is 87.2 Å². The molecule has 6 aromatic heterocycles. The van der Waals surface area contributed by atoms with E-state index in [9.17, 15) is 0 Å². The molecule has 11 aromatic carbocycles. The van der Waals surface area contributed by atoms with Crippen molar-refractivity contribution in [3.8, 4) is 101 Å². The van der Waals surface area contributed by atoms with Crippen molar-refractivity contribution in [1.29, 1.82) is 0 Å². The maximum absolute atomic E-state index is 5.56.